The van der Waals surface area contributed by atoms with Crippen molar-refractivity contribution in [1.82, 2.24) is 0 Å². The molecule has 1 saturated carbocycles. The van der Waals surface area contributed by atoms with Gasteiger partial charge >= 0.3 is 0 Å². The fraction of sp³-hybridized carbons (Fsp3) is 0.600. The van der Waals surface area contributed by atoms with Gasteiger partial charge in [-0.05, 0) is 31.4 Å². The van der Waals surface area contributed by atoms with Gasteiger partial charge in [0.05, 0.1) is 6.61 Å². The van der Waals surface area contributed by atoms with Gasteiger partial charge in [0.15, 0.2) is 11.5 Å². The first kappa shape index (κ1) is 12.8. The normalized spacial score (nSPS) is 21.0. The summed E-state index contributed by atoms with van der Waals surface area (Å²) in [5, 5.41) is 0. The van der Waals surface area contributed by atoms with Gasteiger partial charge in [-0.1, -0.05) is 6.07 Å². The van der Waals surface area contributed by atoms with Gasteiger partial charge < -0.3 is 19.9 Å². The van der Waals surface area contributed by atoms with Crippen LogP contribution in [0.1, 0.15) is 30.9 Å². The van der Waals surface area contributed by atoms with Crippen LogP contribution in [0.4, 0.5) is 0 Å². The van der Waals surface area contributed by atoms with Gasteiger partial charge in [0.25, 0.3) is 0 Å². The minimum atomic E-state index is 0.0416. The van der Waals surface area contributed by atoms with Gasteiger partial charge in [0.2, 0.25) is 0 Å². The predicted molar refractivity (Wildman–Crippen MR) is 72.7 cm³/mol. The van der Waals surface area contributed by atoms with Crippen molar-refractivity contribution in [1.29, 1.82) is 0 Å². The Morgan fingerprint density at radius 3 is 2.68 bits per heavy atom. The standard InChI is InChI=1S/C15H21NO3/c1-10(16)15(5-6-15)13-11(9-17-2)3-4-12-14(13)19-8-7-18-12/h3-4,10H,5-9,16H2,1-2H3. The summed E-state index contributed by atoms with van der Waals surface area (Å²) in [7, 11) is 1.71. The average molecular weight is 263 g/mol. The van der Waals surface area contributed by atoms with Gasteiger partial charge in [0, 0.05) is 24.1 Å². The molecular weight excluding hydrogens is 242 g/mol. The zero-order valence-corrected chi connectivity index (χ0v) is 11.6. The molecule has 0 spiro atoms. The summed E-state index contributed by atoms with van der Waals surface area (Å²) in [6.07, 6.45) is 2.22. The number of fused-ring (bicyclic) bond motifs is 1. The Hall–Kier alpha value is -1.26. The highest BCUT2D eigenvalue weighted by Crippen LogP contribution is 2.56. The van der Waals surface area contributed by atoms with Crippen LogP contribution in [-0.2, 0) is 16.8 Å². The quantitative estimate of drug-likeness (QED) is 0.902. The minimum Gasteiger partial charge on any atom is -0.486 e. The summed E-state index contributed by atoms with van der Waals surface area (Å²) in [5.74, 6) is 1.73. The second kappa shape index (κ2) is 4.69. The van der Waals surface area contributed by atoms with E-state index < -0.39 is 0 Å². The maximum absolute atomic E-state index is 6.23. The molecule has 1 atom stereocenters. The predicted octanol–water partition coefficient (Wildman–Crippen LogP) is 1.98. The second-order valence-electron chi connectivity index (χ2n) is 5.50. The van der Waals surface area contributed by atoms with E-state index in [9.17, 15) is 0 Å². The van der Waals surface area contributed by atoms with Crippen molar-refractivity contribution in [3.05, 3.63) is 23.3 Å². The fourth-order valence-corrected chi connectivity index (χ4v) is 3.05. The third-order valence-electron chi connectivity index (χ3n) is 4.25. The van der Waals surface area contributed by atoms with Crippen LogP contribution in [0.25, 0.3) is 0 Å². The van der Waals surface area contributed by atoms with Crippen molar-refractivity contribution in [2.45, 2.75) is 37.8 Å². The molecule has 0 amide bonds. The highest BCUT2D eigenvalue weighted by Gasteiger charge is 2.51. The molecule has 4 nitrogen and oxygen atoms in total. The van der Waals surface area contributed by atoms with Crippen LogP contribution in [0.5, 0.6) is 11.5 Å². The summed E-state index contributed by atoms with van der Waals surface area (Å²) >= 11 is 0. The molecule has 3 rings (SSSR count). The Balaban J connectivity index is 2.13. The van der Waals surface area contributed by atoms with E-state index in [0.717, 1.165) is 24.3 Å². The molecule has 1 fully saturated rings. The molecule has 104 valence electrons. The molecule has 1 heterocycles. The summed E-state index contributed by atoms with van der Waals surface area (Å²) in [4.78, 5) is 0. The van der Waals surface area contributed by atoms with Crippen LogP contribution in [0, 0.1) is 0 Å². The van der Waals surface area contributed by atoms with Gasteiger partial charge in [0.1, 0.15) is 13.2 Å². The molecule has 1 aliphatic heterocycles. The zero-order chi connectivity index (χ0) is 13.5. The summed E-state index contributed by atoms with van der Waals surface area (Å²) < 4.78 is 16.9. The molecule has 2 aliphatic rings. The van der Waals surface area contributed by atoms with Crippen LogP contribution in [0.3, 0.4) is 0 Å². The molecule has 0 radical (unpaired) electrons. The van der Waals surface area contributed by atoms with Crippen LogP contribution in [0.15, 0.2) is 12.1 Å². The first-order chi connectivity index (χ1) is 9.19. The Bertz CT molecular complexity index is 481. The lowest BCUT2D eigenvalue weighted by Gasteiger charge is -2.29. The molecular formula is C15H21NO3. The largest absolute Gasteiger partial charge is 0.486 e. The van der Waals surface area contributed by atoms with Gasteiger partial charge in [-0.2, -0.15) is 0 Å². The van der Waals surface area contributed by atoms with E-state index >= 15 is 0 Å². The second-order valence-corrected chi connectivity index (χ2v) is 5.50. The van der Waals surface area contributed by atoms with E-state index in [-0.39, 0.29) is 11.5 Å². The lowest BCUT2D eigenvalue weighted by Crippen LogP contribution is -2.33. The molecule has 1 aromatic carbocycles. The number of nitrogens with two attached hydrogens (primary N) is 1. The lowest BCUT2D eigenvalue weighted by atomic mass is 9.85. The van der Waals surface area contributed by atoms with E-state index in [1.807, 2.05) is 6.07 Å². The average Bonchev–Trinajstić information content (AvgIpc) is 3.20. The SMILES string of the molecule is COCc1ccc2c(c1C1(C(C)N)CC1)OCCO2. The molecule has 2 N–H and O–H groups in total. The fourth-order valence-electron chi connectivity index (χ4n) is 3.05. The van der Waals surface area contributed by atoms with E-state index in [1.165, 1.54) is 11.1 Å². The molecule has 1 aromatic rings. The van der Waals surface area contributed by atoms with Crippen LogP contribution >= 0.6 is 0 Å². The summed E-state index contributed by atoms with van der Waals surface area (Å²) in [5.41, 5.74) is 8.65. The topological polar surface area (TPSA) is 53.7 Å². The van der Waals surface area contributed by atoms with Crippen molar-refractivity contribution >= 4 is 0 Å². The number of methoxy groups -OCH3 is 1. The van der Waals surface area contributed by atoms with Crippen LogP contribution < -0.4 is 15.2 Å². The third-order valence-corrected chi connectivity index (χ3v) is 4.25. The Kier molecular flexibility index (Phi) is 3.15. The highest BCUT2D eigenvalue weighted by molar-refractivity contribution is 5.57. The van der Waals surface area contributed by atoms with Crippen molar-refractivity contribution < 1.29 is 14.2 Å². The van der Waals surface area contributed by atoms with Gasteiger partial charge in [-0.15, -0.1) is 0 Å². The third kappa shape index (κ3) is 1.99. The Morgan fingerprint density at radius 1 is 1.32 bits per heavy atom. The molecule has 19 heavy (non-hydrogen) atoms. The minimum absolute atomic E-state index is 0.0416. The van der Waals surface area contributed by atoms with E-state index in [0.29, 0.717) is 19.8 Å². The molecule has 1 unspecified atom stereocenters. The lowest BCUT2D eigenvalue weighted by molar-refractivity contribution is 0.163. The highest BCUT2D eigenvalue weighted by atomic mass is 16.6. The van der Waals surface area contributed by atoms with Crippen molar-refractivity contribution in [2.75, 3.05) is 20.3 Å². The number of ether oxygens (including phenoxy) is 3. The maximum atomic E-state index is 6.23. The van der Waals surface area contributed by atoms with Crippen LogP contribution in [-0.4, -0.2) is 26.4 Å². The molecule has 1 aliphatic carbocycles. The Morgan fingerprint density at radius 2 is 2.05 bits per heavy atom. The number of hydrogen-bond acceptors (Lipinski definition) is 4. The summed E-state index contributed by atoms with van der Waals surface area (Å²) in [6.45, 7) is 3.87. The first-order valence-corrected chi connectivity index (χ1v) is 6.85. The first-order valence-electron chi connectivity index (χ1n) is 6.85. The van der Waals surface area contributed by atoms with Gasteiger partial charge in [-0.25, -0.2) is 0 Å². The monoisotopic (exact) mass is 263 g/mol. The number of benzene rings is 1. The molecule has 4 heteroatoms. The van der Waals surface area contributed by atoms with E-state index in [2.05, 4.69) is 13.0 Å². The number of hydrogen-bond donors (Lipinski definition) is 1. The van der Waals surface area contributed by atoms with Crippen molar-refractivity contribution in [3.8, 4) is 11.5 Å². The molecule has 0 aromatic heterocycles. The molecule has 0 bridgehead atoms. The number of rotatable bonds is 4. The van der Waals surface area contributed by atoms with Crippen LogP contribution in [0.2, 0.25) is 0 Å². The van der Waals surface area contributed by atoms with Gasteiger partial charge in [-0.3, -0.25) is 0 Å². The molecule has 0 saturated heterocycles. The van der Waals surface area contributed by atoms with E-state index in [4.69, 9.17) is 19.9 Å². The maximum Gasteiger partial charge on any atom is 0.165 e. The van der Waals surface area contributed by atoms with Crippen molar-refractivity contribution in [2.24, 2.45) is 5.73 Å². The zero-order valence-electron chi connectivity index (χ0n) is 11.6. The Labute approximate surface area is 113 Å². The summed E-state index contributed by atoms with van der Waals surface area (Å²) in [6, 6.07) is 4.17. The smallest absolute Gasteiger partial charge is 0.165 e. The van der Waals surface area contributed by atoms with Crippen molar-refractivity contribution in [3.63, 3.8) is 0 Å². The van der Waals surface area contributed by atoms with E-state index in [1.54, 1.807) is 7.11 Å².